The normalized spacial score (nSPS) is 20.7. The van der Waals surface area contributed by atoms with Gasteiger partial charge in [0.05, 0.1) is 5.56 Å². The molecule has 0 spiro atoms. The highest BCUT2D eigenvalue weighted by Gasteiger charge is 2.34. The summed E-state index contributed by atoms with van der Waals surface area (Å²) < 4.78 is 38.2. The number of anilines is 1. The Labute approximate surface area is 108 Å². The average Bonchev–Trinajstić information content (AvgIpc) is 2.37. The second-order valence-corrected chi connectivity index (χ2v) is 5.68. The fraction of sp³-hybridized carbons (Fsp3) is 0.583. The van der Waals surface area contributed by atoms with E-state index in [1.54, 1.807) is 0 Å². The van der Waals surface area contributed by atoms with Gasteiger partial charge in [0.1, 0.15) is 5.82 Å². The molecule has 1 N–H and O–H groups in total. The van der Waals surface area contributed by atoms with Gasteiger partial charge in [-0.1, -0.05) is 6.42 Å². The molecule has 100 valence electrons. The third-order valence-electron chi connectivity index (χ3n) is 2.88. The largest absolute Gasteiger partial charge is 0.419 e. The van der Waals surface area contributed by atoms with Crippen molar-refractivity contribution < 1.29 is 13.2 Å². The molecule has 2 rings (SSSR count). The van der Waals surface area contributed by atoms with Crippen LogP contribution < -0.4 is 5.32 Å². The van der Waals surface area contributed by atoms with E-state index in [1.165, 1.54) is 18.7 Å². The van der Waals surface area contributed by atoms with Crippen LogP contribution in [0.5, 0.6) is 0 Å². The van der Waals surface area contributed by atoms with Gasteiger partial charge in [-0.2, -0.15) is 24.9 Å². The first kappa shape index (κ1) is 13.5. The van der Waals surface area contributed by atoms with Crippen molar-refractivity contribution in [2.75, 3.05) is 17.6 Å². The highest BCUT2D eigenvalue weighted by molar-refractivity contribution is 7.99. The fourth-order valence-electron chi connectivity index (χ4n) is 1.95. The molecule has 1 fully saturated rings. The molecule has 0 aliphatic carbocycles. The zero-order valence-corrected chi connectivity index (χ0v) is 10.7. The Morgan fingerprint density at radius 3 is 2.89 bits per heavy atom. The molecule has 2 heterocycles. The second-order valence-electron chi connectivity index (χ2n) is 4.27. The molecule has 1 atom stereocenters. The standard InChI is InChI=1S/C12H15F3N2S/c13-12(14,15)10-5-3-6-16-11(10)17-8-9-4-1-2-7-18-9/h3,5-6,9H,1-2,4,7-8H2,(H,16,17). The number of thioether (sulfide) groups is 1. The topological polar surface area (TPSA) is 24.9 Å². The van der Waals surface area contributed by atoms with Crippen LogP contribution in [0.25, 0.3) is 0 Å². The van der Waals surface area contributed by atoms with Gasteiger partial charge < -0.3 is 5.32 Å². The van der Waals surface area contributed by atoms with Gasteiger partial charge in [0.2, 0.25) is 0 Å². The molecule has 2 nitrogen and oxygen atoms in total. The lowest BCUT2D eigenvalue weighted by atomic mass is 10.2. The number of nitrogens with zero attached hydrogens (tertiary/aromatic N) is 1. The van der Waals surface area contributed by atoms with Crippen LogP contribution >= 0.6 is 11.8 Å². The van der Waals surface area contributed by atoms with Crippen molar-refractivity contribution in [3.63, 3.8) is 0 Å². The first-order valence-electron chi connectivity index (χ1n) is 5.95. The Hall–Kier alpha value is -0.910. The number of hydrogen-bond donors (Lipinski definition) is 1. The Morgan fingerprint density at radius 1 is 1.39 bits per heavy atom. The number of pyridine rings is 1. The Bertz CT molecular complexity index is 389. The first-order valence-corrected chi connectivity index (χ1v) is 7.00. The molecule has 1 aliphatic heterocycles. The summed E-state index contributed by atoms with van der Waals surface area (Å²) in [4.78, 5) is 3.79. The van der Waals surface area contributed by atoms with Gasteiger partial charge in [-0.05, 0) is 30.7 Å². The van der Waals surface area contributed by atoms with E-state index >= 15 is 0 Å². The predicted molar refractivity (Wildman–Crippen MR) is 67.8 cm³/mol. The summed E-state index contributed by atoms with van der Waals surface area (Å²) in [5.41, 5.74) is -0.689. The minimum absolute atomic E-state index is 0.0591. The van der Waals surface area contributed by atoms with Crippen LogP contribution in [0.2, 0.25) is 0 Å². The monoisotopic (exact) mass is 276 g/mol. The molecule has 0 aromatic carbocycles. The summed E-state index contributed by atoms with van der Waals surface area (Å²) in [6, 6.07) is 2.37. The first-order chi connectivity index (χ1) is 8.57. The highest BCUT2D eigenvalue weighted by atomic mass is 32.2. The van der Waals surface area contributed by atoms with Crippen molar-refractivity contribution >= 4 is 17.6 Å². The molecule has 0 bridgehead atoms. The van der Waals surface area contributed by atoms with Crippen molar-refractivity contribution in [2.45, 2.75) is 30.7 Å². The van der Waals surface area contributed by atoms with Crippen molar-refractivity contribution in [2.24, 2.45) is 0 Å². The SMILES string of the molecule is FC(F)(F)c1cccnc1NCC1CCCCS1. The van der Waals surface area contributed by atoms with Crippen LogP contribution in [0.4, 0.5) is 19.0 Å². The van der Waals surface area contributed by atoms with E-state index in [1.807, 2.05) is 11.8 Å². The molecule has 0 saturated carbocycles. The van der Waals surface area contributed by atoms with E-state index in [0.717, 1.165) is 24.7 Å². The van der Waals surface area contributed by atoms with Gasteiger partial charge in [0.25, 0.3) is 0 Å². The van der Waals surface area contributed by atoms with Gasteiger partial charge in [-0.15, -0.1) is 0 Å². The highest BCUT2D eigenvalue weighted by Crippen LogP contribution is 2.34. The third-order valence-corrected chi connectivity index (χ3v) is 4.28. The third kappa shape index (κ3) is 3.54. The molecule has 1 aromatic rings. The van der Waals surface area contributed by atoms with E-state index in [0.29, 0.717) is 11.8 Å². The van der Waals surface area contributed by atoms with Crippen molar-refractivity contribution in [3.8, 4) is 0 Å². The summed E-state index contributed by atoms with van der Waals surface area (Å²) in [6.45, 7) is 0.546. The number of hydrogen-bond acceptors (Lipinski definition) is 3. The molecule has 1 aliphatic rings. The molecule has 1 unspecified atom stereocenters. The van der Waals surface area contributed by atoms with E-state index in [9.17, 15) is 13.2 Å². The minimum atomic E-state index is -4.35. The lowest BCUT2D eigenvalue weighted by molar-refractivity contribution is -0.137. The fourth-order valence-corrected chi connectivity index (χ4v) is 3.19. The summed E-state index contributed by atoms with van der Waals surface area (Å²) in [7, 11) is 0. The minimum Gasteiger partial charge on any atom is -0.368 e. The van der Waals surface area contributed by atoms with E-state index in [-0.39, 0.29) is 5.82 Å². The number of rotatable bonds is 3. The second kappa shape index (κ2) is 5.82. The van der Waals surface area contributed by atoms with Crippen LogP contribution in [0.3, 0.4) is 0 Å². The number of alkyl halides is 3. The molecular formula is C12H15F3N2S. The zero-order chi connectivity index (χ0) is 13.0. The number of halogens is 3. The van der Waals surface area contributed by atoms with Crippen molar-refractivity contribution in [1.29, 1.82) is 0 Å². The Balaban J connectivity index is 2.00. The molecule has 0 radical (unpaired) electrons. The predicted octanol–water partition coefficient (Wildman–Crippen LogP) is 3.80. The van der Waals surface area contributed by atoms with Crippen molar-refractivity contribution in [3.05, 3.63) is 23.9 Å². The molecular weight excluding hydrogens is 261 g/mol. The van der Waals surface area contributed by atoms with E-state index < -0.39 is 11.7 Å². The van der Waals surface area contributed by atoms with Gasteiger partial charge >= 0.3 is 6.18 Å². The van der Waals surface area contributed by atoms with Gasteiger partial charge in [-0.3, -0.25) is 0 Å². The Kier molecular flexibility index (Phi) is 4.37. The van der Waals surface area contributed by atoms with Crippen molar-refractivity contribution in [1.82, 2.24) is 4.98 Å². The van der Waals surface area contributed by atoms with Gasteiger partial charge in [0, 0.05) is 18.0 Å². The molecule has 0 amide bonds. The van der Waals surface area contributed by atoms with Gasteiger partial charge in [-0.25, -0.2) is 4.98 Å². The van der Waals surface area contributed by atoms with Crippen LogP contribution in [0.1, 0.15) is 24.8 Å². The molecule has 18 heavy (non-hydrogen) atoms. The molecule has 1 aromatic heterocycles. The number of aromatic nitrogens is 1. The van der Waals surface area contributed by atoms with E-state index in [2.05, 4.69) is 10.3 Å². The van der Waals surface area contributed by atoms with E-state index in [4.69, 9.17) is 0 Å². The lowest BCUT2D eigenvalue weighted by Gasteiger charge is -2.22. The maximum Gasteiger partial charge on any atom is 0.419 e. The van der Waals surface area contributed by atoms with Crippen LogP contribution in [-0.4, -0.2) is 22.5 Å². The quantitative estimate of drug-likeness (QED) is 0.909. The summed E-state index contributed by atoms with van der Waals surface area (Å²) in [5.74, 6) is 1.04. The van der Waals surface area contributed by atoms with Gasteiger partial charge in [0.15, 0.2) is 0 Å². The summed E-state index contributed by atoms with van der Waals surface area (Å²) in [6.07, 6.45) is 0.458. The summed E-state index contributed by atoms with van der Waals surface area (Å²) >= 11 is 1.82. The summed E-state index contributed by atoms with van der Waals surface area (Å²) in [5, 5.41) is 3.23. The Morgan fingerprint density at radius 2 is 2.22 bits per heavy atom. The molecule has 1 saturated heterocycles. The van der Waals surface area contributed by atoms with Crippen LogP contribution in [0, 0.1) is 0 Å². The molecule has 6 heteroatoms. The number of nitrogens with one attached hydrogen (secondary N) is 1. The lowest BCUT2D eigenvalue weighted by Crippen LogP contribution is -2.22. The van der Waals surface area contributed by atoms with Crippen LogP contribution in [-0.2, 0) is 6.18 Å². The smallest absolute Gasteiger partial charge is 0.368 e. The maximum atomic E-state index is 12.7. The average molecular weight is 276 g/mol. The van der Waals surface area contributed by atoms with Crippen LogP contribution in [0.15, 0.2) is 18.3 Å². The maximum absolute atomic E-state index is 12.7. The zero-order valence-electron chi connectivity index (χ0n) is 9.83.